The fraction of sp³-hybridized carbons (Fsp3) is 0.909. The third-order valence-corrected chi connectivity index (χ3v) is 3.75. The molecule has 1 heteroatoms. The maximum Gasteiger partial charge on any atom is 0.132 e. The molecule has 0 N–H and O–H groups in total. The largest absolute Gasteiger partial charge is 0.300 e. The lowest BCUT2D eigenvalue weighted by Crippen LogP contribution is -2.30. The molecular formula is C11H20O. The molecule has 1 nitrogen and oxygen atoms in total. The molecule has 1 rings (SSSR count). The first-order valence-electron chi connectivity index (χ1n) is 5.10. The zero-order chi connectivity index (χ0) is 9.19. The SMILES string of the molecule is CCC(C)C1(C)CCC(=O)CC1. The van der Waals surface area contributed by atoms with E-state index in [2.05, 4.69) is 20.8 Å². The van der Waals surface area contributed by atoms with Gasteiger partial charge in [0.15, 0.2) is 0 Å². The molecule has 1 saturated carbocycles. The van der Waals surface area contributed by atoms with Crippen LogP contribution in [0.2, 0.25) is 0 Å². The molecule has 0 bridgehead atoms. The number of hydrogen-bond donors (Lipinski definition) is 0. The third kappa shape index (κ3) is 1.88. The van der Waals surface area contributed by atoms with Gasteiger partial charge >= 0.3 is 0 Å². The fourth-order valence-electron chi connectivity index (χ4n) is 2.09. The van der Waals surface area contributed by atoms with Crippen LogP contribution >= 0.6 is 0 Å². The molecule has 1 atom stereocenters. The highest BCUT2D eigenvalue weighted by molar-refractivity contribution is 5.79. The van der Waals surface area contributed by atoms with Crippen molar-refractivity contribution < 1.29 is 4.79 Å². The van der Waals surface area contributed by atoms with E-state index in [-0.39, 0.29) is 0 Å². The topological polar surface area (TPSA) is 17.1 Å². The van der Waals surface area contributed by atoms with Crippen molar-refractivity contribution in [1.82, 2.24) is 0 Å². The smallest absolute Gasteiger partial charge is 0.132 e. The van der Waals surface area contributed by atoms with E-state index in [1.54, 1.807) is 0 Å². The number of Topliss-reactive ketones (excluding diaryl/α,β-unsaturated/α-hetero) is 1. The van der Waals surface area contributed by atoms with Gasteiger partial charge in [0.1, 0.15) is 5.78 Å². The van der Waals surface area contributed by atoms with Crippen LogP contribution in [-0.2, 0) is 4.79 Å². The molecule has 0 amide bonds. The molecule has 12 heavy (non-hydrogen) atoms. The molecule has 1 aliphatic rings. The van der Waals surface area contributed by atoms with E-state index in [1.807, 2.05) is 0 Å². The predicted molar refractivity (Wildman–Crippen MR) is 51.0 cm³/mol. The lowest BCUT2D eigenvalue weighted by atomic mass is 9.67. The zero-order valence-electron chi connectivity index (χ0n) is 8.52. The van der Waals surface area contributed by atoms with Gasteiger partial charge in [0.05, 0.1) is 0 Å². The molecule has 0 aromatic carbocycles. The van der Waals surface area contributed by atoms with Crippen molar-refractivity contribution in [1.29, 1.82) is 0 Å². The molecular weight excluding hydrogens is 148 g/mol. The first-order chi connectivity index (χ1) is 5.58. The van der Waals surface area contributed by atoms with Gasteiger partial charge in [-0.3, -0.25) is 4.79 Å². The Bertz CT molecular complexity index is 162. The standard InChI is InChI=1S/C11H20O/c1-4-9(2)11(3)7-5-10(12)6-8-11/h9H,4-8H2,1-3H3. The van der Waals surface area contributed by atoms with Crippen LogP contribution in [0.5, 0.6) is 0 Å². The van der Waals surface area contributed by atoms with Crippen molar-refractivity contribution in [2.24, 2.45) is 11.3 Å². The molecule has 0 radical (unpaired) electrons. The summed E-state index contributed by atoms with van der Waals surface area (Å²) in [6, 6.07) is 0. The second kappa shape index (κ2) is 3.59. The average molecular weight is 168 g/mol. The summed E-state index contributed by atoms with van der Waals surface area (Å²) in [6.07, 6.45) is 5.11. The molecule has 0 heterocycles. The minimum Gasteiger partial charge on any atom is -0.300 e. The van der Waals surface area contributed by atoms with Gasteiger partial charge in [-0.2, -0.15) is 0 Å². The first-order valence-corrected chi connectivity index (χ1v) is 5.10. The van der Waals surface area contributed by atoms with Gasteiger partial charge < -0.3 is 0 Å². The summed E-state index contributed by atoms with van der Waals surface area (Å²) in [5.41, 5.74) is 0.447. The highest BCUT2D eigenvalue weighted by Crippen LogP contribution is 2.42. The average Bonchev–Trinajstić information content (AvgIpc) is 2.09. The normalized spacial score (nSPS) is 25.4. The number of ketones is 1. The Kier molecular flexibility index (Phi) is 2.92. The van der Waals surface area contributed by atoms with Gasteiger partial charge in [-0.1, -0.05) is 27.2 Å². The second-order valence-corrected chi connectivity index (χ2v) is 4.50. The van der Waals surface area contributed by atoms with E-state index in [9.17, 15) is 4.79 Å². The van der Waals surface area contributed by atoms with Crippen LogP contribution in [0.4, 0.5) is 0 Å². The number of carbonyl (C=O) groups is 1. The minimum atomic E-state index is 0.447. The molecule has 1 unspecified atom stereocenters. The maximum atomic E-state index is 11.1. The van der Waals surface area contributed by atoms with Gasteiger partial charge in [-0.25, -0.2) is 0 Å². The van der Waals surface area contributed by atoms with Crippen LogP contribution < -0.4 is 0 Å². The van der Waals surface area contributed by atoms with Gasteiger partial charge in [-0.05, 0) is 24.2 Å². The third-order valence-electron chi connectivity index (χ3n) is 3.75. The van der Waals surface area contributed by atoms with Crippen molar-refractivity contribution in [3.05, 3.63) is 0 Å². The quantitative estimate of drug-likeness (QED) is 0.619. The van der Waals surface area contributed by atoms with Crippen molar-refractivity contribution in [3.63, 3.8) is 0 Å². The lowest BCUT2D eigenvalue weighted by Gasteiger charge is -2.38. The summed E-state index contributed by atoms with van der Waals surface area (Å²) in [7, 11) is 0. The van der Waals surface area contributed by atoms with E-state index in [0.717, 1.165) is 31.6 Å². The number of rotatable bonds is 2. The molecule has 1 fully saturated rings. The second-order valence-electron chi connectivity index (χ2n) is 4.50. The maximum absolute atomic E-state index is 11.1. The summed E-state index contributed by atoms with van der Waals surface area (Å²) in [6.45, 7) is 6.90. The molecule has 0 aromatic heterocycles. The molecule has 0 spiro atoms. The van der Waals surface area contributed by atoms with E-state index < -0.39 is 0 Å². The van der Waals surface area contributed by atoms with Crippen molar-refractivity contribution in [2.75, 3.05) is 0 Å². The summed E-state index contributed by atoms with van der Waals surface area (Å²) in [4.78, 5) is 11.1. The highest BCUT2D eigenvalue weighted by atomic mass is 16.1. The summed E-state index contributed by atoms with van der Waals surface area (Å²) < 4.78 is 0. The summed E-state index contributed by atoms with van der Waals surface area (Å²) in [5, 5.41) is 0. The van der Waals surface area contributed by atoms with Crippen LogP contribution in [-0.4, -0.2) is 5.78 Å². The van der Waals surface area contributed by atoms with E-state index in [1.165, 1.54) is 6.42 Å². The predicted octanol–water partition coefficient (Wildman–Crippen LogP) is 3.18. The summed E-state index contributed by atoms with van der Waals surface area (Å²) >= 11 is 0. The van der Waals surface area contributed by atoms with Gasteiger partial charge in [-0.15, -0.1) is 0 Å². The Balaban J connectivity index is 2.55. The van der Waals surface area contributed by atoms with Crippen LogP contribution in [0.15, 0.2) is 0 Å². The van der Waals surface area contributed by atoms with Crippen molar-refractivity contribution in [2.45, 2.75) is 52.9 Å². The monoisotopic (exact) mass is 168 g/mol. The van der Waals surface area contributed by atoms with Crippen LogP contribution in [0.25, 0.3) is 0 Å². The zero-order valence-corrected chi connectivity index (χ0v) is 8.52. The van der Waals surface area contributed by atoms with E-state index in [0.29, 0.717) is 11.2 Å². The van der Waals surface area contributed by atoms with Crippen LogP contribution in [0.1, 0.15) is 52.9 Å². The molecule has 0 saturated heterocycles. The Morgan fingerprint density at radius 1 is 1.42 bits per heavy atom. The van der Waals surface area contributed by atoms with Crippen molar-refractivity contribution in [3.8, 4) is 0 Å². The first kappa shape index (κ1) is 9.76. The Morgan fingerprint density at radius 3 is 2.33 bits per heavy atom. The molecule has 0 aromatic rings. The van der Waals surface area contributed by atoms with Crippen LogP contribution in [0, 0.1) is 11.3 Å². The molecule has 1 aliphatic carbocycles. The molecule has 0 aliphatic heterocycles. The fourth-order valence-corrected chi connectivity index (χ4v) is 2.09. The van der Waals surface area contributed by atoms with E-state index in [4.69, 9.17) is 0 Å². The van der Waals surface area contributed by atoms with Gasteiger partial charge in [0.2, 0.25) is 0 Å². The number of hydrogen-bond acceptors (Lipinski definition) is 1. The van der Waals surface area contributed by atoms with Crippen molar-refractivity contribution >= 4 is 5.78 Å². The van der Waals surface area contributed by atoms with E-state index >= 15 is 0 Å². The minimum absolute atomic E-state index is 0.447. The van der Waals surface area contributed by atoms with Gasteiger partial charge in [0, 0.05) is 12.8 Å². The molecule has 70 valence electrons. The Hall–Kier alpha value is -0.330. The summed E-state index contributed by atoms with van der Waals surface area (Å²) in [5.74, 6) is 1.24. The lowest BCUT2D eigenvalue weighted by molar-refractivity contribution is -0.122. The van der Waals surface area contributed by atoms with Crippen LogP contribution in [0.3, 0.4) is 0 Å². The Morgan fingerprint density at radius 2 is 1.92 bits per heavy atom. The number of carbonyl (C=O) groups excluding carboxylic acids is 1. The highest BCUT2D eigenvalue weighted by Gasteiger charge is 2.33. The van der Waals surface area contributed by atoms with Gasteiger partial charge in [0.25, 0.3) is 0 Å². The Labute approximate surface area is 75.5 Å².